The van der Waals surface area contributed by atoms with Gasteiger partial charge in [-0.15, -0.1) is 0 Å². The van der Waals surface area contributed by atoms with E-state index >= 15 is 0 Å². The summed E-state index contributed by atoms with van der Waals surface area (Å²) in [6.07, 6.45) is 0.00524. The van der Waals surface area contributed by atoms with Crippen LogP contribution in [-0.2, 0) is 14.8 Å². The first-order valence-corrected chi connectivity index (χ1v) is 12.9. The molecule has 1 aliphatic heterocycles. The van der Waals surface area contributed by atoms with E-state index in [1.165, 1.54) is 12.1 Å². The van der Waals surface area contributed by atoms with Crippen LogP contribution in [0.1, 0.15) is 33.6 Å². The van der Waals surface area contributed by atoms with Crippen LogP contribution in [0.25, 0.3) is 11.1 Å². The maximum absolute atomic E-state index is 12.8. The largest absolute Gasteiger partial charge is 0.480 e. The lowest BCUT2D eigenvalue weighted by Crippen LogP contribution is -2.41. The monoisotopic (exact) mass is 545 g/mol. The molecule has 1 heterocycles. The molecule has 0 saturated carbocycles. The highest BCUT2D eigenvalue weighted by Gasteiger charge is 2.35. The Hall–Kier alpha value is -3.61. The van der Waals surface area contributed by atoms with Gasteiger partial charge in [0.15, 0.2) is 0 Å². The Morgan fingerprint density at radius 3 is 1.86 bits per heavy atom. The van der Waals surface area contributed by atoms with Gasteiger partial charge in [-0.25, -0.2) is 14.3 Å². The number of fused-ring (bicyclic) bond motifs is 1. The molecule has 2 amide bonds. The molecule has 0 fully saturated rings. The Bertz CT molecular complexity index is 1360. The maximum Gasteiger partial charge on any atom is 0.321 e. The minimum atomic E-state index is -4.12. The molecule has 0 spiro atoms. The molecule has 10 nitrogen and oxygen atoms in total. The molecule has 0 saturated heterocycles. The second kappa shape index (κ2) is 12.1. The van der Waals surface area contributed by atoms with Gasteiger partial charge in [0, 0.05) is 11.6 Å². The van der Waals surface area contributed by atoms with E-state index in [1.807, 2.05) is 0 Å². The lowest BCUT2D eigenvalue weighted by Gasteiger charge is -2.17. The summed E-state index contributed by atoms with van der Waals surface area (Å²) in [5.74, 6) is 1.26. The van der Waals surface area contributed by atoms with Gasteiger partial charge in [-0.05, 0) is 60.4 Å². The van der Waals surface area contributed by atoms with Crippen LogP contribution in [0.4, 0.5) is 0 Å². The molecular formula is C25H24ClN3O7S. The molecule has 5 N–H and O–H groups in total. The normalized spacial score (nSPS) is 13.5. The average molecular weight is 546 g/mol. The molecule has 0 aliphatic carbocycles. The first-order chi connectivity index (χ1) is 17.7. The third-order valence-corrected chi connectivity index (χ3v) is 7.43. The molecule has 1 aliphatic rings. The Kier molecular flexibility index (Phi) is 9.14. The van der Waals surface area contributed by atoms with Crippen LogP contribution >= 0.6 is 11.6 Å². The standard InChI is InChI=1S/C25H21ClN2O6S.H3NO/c26-18-11-7-16(8-12-18)17-9-13-19(14-10-17)35(33,34)27-22(25(31)32)6-3-15-28-23(29)20-4-1-2-5-21(20)24(28)30;1-2/h1-2,4-5,7-14,22,27H,3,6,15H2,(H,31,32);2H,1H2/t22-;/m1./s1. The first kappa shape index (κ1) is 28.0. The molecule has 3 aromatic carbocycles. The number of halogens is 1. The number of carboxylic acids is 1. The molecule has 37 heavy (non-hydrogen) atoms. The van der Waals surface area contributed by atoms with Crippen molar-refractivity contribution in [3.63, 3.8) is 0 Å². The number of benzene rings is 3. The predicted molar refractivity (Wildman–Crippen MR) is 136 cm³/mol. The summed E-state index contributed by atoms with van der Waals surface area (Å²) in [6.45, 7) is -0.0202. The minimum absolute atomic E-state index is 0.0202. The Morgan fingerprint density at radius 2 is 1.38 bits per heavy atom. The van der Waals surface area contributed by atoms with Gasteiger partial charge >= 0.3 is 5.97 Å². The van der Waals surface area contributed by atoms with Gasteiger partial charge in [0.1, 0.15) is 6.04 Å². The minimum Gasteiger partial charge on any atom is -0.480 e. The summed E-state index contributed by atoms with van der Waals surface area (Å²) in [5, 5.41) is 16.6. The number of nitrogens with zero attached hydrogens (tertiary/aromatic N) is 1. The highest BCUT2D eigenvalue weighted by atomic mass is 35.5. The fraction of sp³-hybridized carbons (Fsp3) is 0.160. The first-order valence-electron chi connectivity index (χ1n) is 11.0. The third-order valence-electron chi connectivity index (χ3n) is 5.69. The predicted octanol–water partition coefficient (Wildman–Crippen LogP) is 3.15. The van der Waals surface area contributed by atoms with Crippen LogP contribution < -0.4 is 10.6 Å². The van der Waals surface area contributed by atoms with Gasteiger partial charge in [-0.1, -0.05) is 48.0 Å². The molecule has 12 heteroatoms. The van der Waals surface area contributed by atoms with Gasteiger partial charge in [0.05, 0.1) is 16.0 Å². The molecule has 4 rings (SSSR count). The van der Waals surface area contributed by atoms with E-state index in [4.69, 9.17) is 16.8 Å². The van der Waals surface area contributed by atoms with Crippen LogP contribution in [0.15, 0.2) is 77.7 Å². The summed E-state index contributed by atoms with van der Waals surface area (Å²) in [4.78, 5) is 37.6. The second-order valence-electron chi connectivity index (χ2n) is 7.99. The van der Waals surface area contributed by atoms with Crippen molar-refractivity contribution in [3.05, 3.63) is 88.9 Å². The highest BCUT2D eigenvalue weighted by molar-refractivity contribution is 7.89. The van der Waals surface area contributed by atoms with E-state index in [0.717, 1.165) is 16.0 Å². The highest BCUT2D eigenvalue weighted by Crippen LogP contribution is 2.24. The summed E-state index contributed by atoms with van der Waals surface area (Å²) >= 11 is 5.90. The number of nitrogens with two attached hydrogens (primary N) is 1. The van der Waals surface area contributed by atoms with Gasteiger partial charge in [-0.3, -0.25) is 19.3 Å². The number of hydrogen-bond acceptors (Lipinski definition) is 7. The van der Waals surface area contributed by atoms with Crippen molar-refractivity contribution >= 4 is 39.4 Å². The number of sulfonamides is 1. The van der Waals surface area contributed by atoms with E-state index in [9.17, 15) is 27.9 Å². The van der Waals surface area contributed by atoms with E-state index in [0.29, 0.717) is 16.1 Å². The van der Waals surface area contributed by atoms with Crippen molar-refractivity contribution in [1.29, 1.82) is 0 Å². The quantitative estimate of drug-likeness (QED) is 0.235. The Morgan fingerprint density at radius 1 is 0.892 bits per heavy atom. The van der Waals surface area contributed by atoms with E-state index in [2.05, 4.69) is 10.6 Å². The number of hydrogen-bond donors (Lipinski definition) is 4. The van der Waals surface area contributed by atoms with Gasteiger partial charge in [-0.2, -0.15) is 4.72 Å². The zero-order valence-electron chi connectivity index (χ0n) is 19.4. The lowest BCUT2D eigenvalue weighted by molar-refractivity contribution is -0.139. The summed E-state index contributed by atoms with van der Waals surface area (Å²) < 4.78 is 27.8. The number of carbonyl (C=O) groups excluding carboxylic acids is 2. The Balaban J connectivity index is 0.00000186. The number of aliphatic carboxylic acids is 1. The summed E-state index contributed by atoms with van der Waals surface area (Å²) in [7, 11) is -4.12. The van der Waals surface area contributed by atoms with Crippen LogP contribution in [0.2, 0.25) is 5.02 Å². The van der Waals surface area contributed by atoms with E-state index in [1.54, 1.807) is 60.7 Å². The molecule has 1 atom stereocenters. The number of imide groups is 1. The van der Waals surface area contributed by atoms with Crippen molar-refractivity contribution in [3.8, 4) is 11.1 Å². The molecule has 194 valence electrons. The van der Waals surface area contributed by atoms with Crippen molar-refractivity contribution in [2.75, 3.05) is 6.54 Å². The SMILES string of the molecule is NO.O=C(O)[C@@H](CCCN1C(=O)c2ccccc2C1=O)NS(=O)(=O)c1ccc(-c2ccc(Cl)cc2)cc1. The van der Waals surface area contributed by atoms with E-state index < -0.39 is 33.8 Å². The van der Waals surface area contributed by atoms with Crippen molar-refractivity contribution in [1.82, 2.24) is 9.62 Å². The van der Waals surface area contributed by atoms with Crippen LogP contribution in [0, 0.1) is 0 Å². The Labute approximate surface area is 218 Å². The molecule has 0 bridgehead atoms. The fourth-order valence-electron chi connectivity index (χ4n) is 3.85. The van der Waals surface area contributed by atoms with Crippen molar-refractivity contribution in [2.24, 2.45) is 5.90 Å². The number of nitrogens with one attached hydrogen (secondary N) is 1. The fourth-order valence-corrected chi connectivity index (χ4v) is 5.20. The van der Waals surface area contributed by atoms with Gasteiger partial charge in [0.25, 0.3) is 11.8 Å². The molecular weight excluding hydrogens is 522 g/mol. The van der Waals surface area contributed by atoms with Crippen molar-refractivity contribution in [2.45, 2.75) is 23.8 Å². The number of carboxylic acid groups (broad SMARTS) is 1. The zero-order chi connectivity index (χ0) is 27.2. The van der Waals surface area contributed by atoms with Gasteiger partial charge < -0.3 is 10.3 Å². The van der Waals surface area contributed by atoms with Crippen LogP contribution in [0.3, 0.4) is 0 Å². The number of amides is 2. The zero-order valence-corrected chi connectivity index (χ0v) is 20.9. The molecule has 0 radical (unpaired) electrons. The van der Waals surface area contributed by atoms with Gasteiger partial charge in [0.2, 0.25) is 10.0 Å². The maximum atomic E-state index is 12.8. The molecule has 3 aromatic rings. The van der Waals surface area contributed by atoms with Crippen LogP contribution in [-0.4, -0.2) is 54.0 Å². The van der Waals surface area contributed by atoms with Crippen LogP contribution in [0.5, 0.6) is 0 Å². The molecule has 0 aromatic heterocycles. The average Bonchev–Trinajstić information content (AvgIpc) is 3.14. The molecule has 0 unspecified atom stereocenters. The smallest absolute Gasteiger partial charge is 0.321 e. The topological polar surface area (TPSA) is 167 Å². The second-order valence-corrected chi connectivity index (χ2v) is 10.1. The summed E-state index contributed by atoms with van der Waals surface area (Å²) in [5.41, 5.74) is 2.23. The summed E-state index contributed by atoms with van der Waals surface area (Å²) in [6, 6.07) is 18.1. The van der Waals surface area contributed by atoms with Crippen molar-refractivity contribution < 1.29 is 33.1 Å². The van der Waals surface area contributed by atoms with E-state index in [-0.39, 0.29) is 24.3 Å². The lowest BCUT2D eigenvalue weighted by atomic mass is 10.1. The number of rotatable bonds is 9. The number of carbonyl (C=O) groups is 3. The third kappa shape index (κ3) is 6.40.